The molecule has 0 spiro atoms. The summed E-state index contributed by atoms with van der Waals surface area (Å²) in [5.41, 5.74) is 8.94. The Morgan fingerprint density at radius 3 is 2.76 bits per heavy atom. The topological polar surface area (TPSA) is 61.7 Å². The quantitative estimate of drug-likeness (QED) is 0.781. The van der Waals surface area contributed by atoms with Crippen LogP contribution in [0, 0.1) is 0 Å². The lowest BCUT2D eigenvalue weighted by atomic mass is 10.2. The smallest absolute Gasteiger partial charge is 0.131 e. The van der Waals surface area contributed by atoms with Gasteiger partial charge >= 0.3 is 0 Å². The summed E-state index contributed by atoms with van der Waals surface area (Å²) in [6, 6.07) is 10.00. The summed E-state index contributed by atoms with van der Waals surface area (Å²) >= 11 is 0. The van der Waals surface area contributed by atoms with Crippen LogP contribution in [0.4, 0.5) is 5.82 Å². The molecule has 1 aromatic carbocycles. The molecule has 0 unspecified atom stereocenters. The van der Waals surface area contributed by atoms with Crippen LogP contribution in [-0.2, 0) is 6.54 Å². The highest BCUT2D eigenvalue weighted by molar-refractivity contribution is 5.69. The minimum absolute atomic E-state index is 0.705. The third kappa shape index (κ3) is 2.67. The van der Waals surface area contributed by atoms with E-state index >= 15 is 0 Å². The van der Waals surface area contributed by atoms with Gasteiger partial charge in [0.25, 0.3) is 0 Å². The summed E-state index contributed by atoms with van der Waals surface area (Å²) in [4.78, 5) is 4.43. The molecule has 5 nitrogen and oxygen atoms in total. The fourth-order valence-electron chi connectivity index (χ4n) is 2.29. The first kappa shape index (κ1) is 13.4. The predicted molar refractivity (Wildman–Crippen MR) is 84.1 cm³/mol. The maximum absolute atomic E-state index is 6.19. The maximum Gasteiger partial charge on any atom is 0.131 e. The van der Waals surface area contributed by atoms with E-state index in [4.69, 9.17) is 5.73 Å². The second-order valence-corrected chi connectivity index (χ2v) is 5.03. The SMILES string of the molecule is CCCCn1cnc(-c2cnn(-c3ccccc3)c2)c1N. The Morgan fingerprint density at radius 1 is 1.19 bits per heavy atom. The Morgan fingerprint density at radius 2 is 2.00 bits per heavy atom. The molecule has 21 heavy (non-hydrogen) atoms. The molecule has 2 heterocycles. The van der Waals surface area contributed by atoms with Crippen molar-refractivity contribution in [1.82, 2.24) is 19.3 Å². The molecule has 2 aromatic heterocycles. The van der Waals surface area contributed by atoms with E-state index in [1.165, 1.54) is 0 Å². The van der Waals surface area contributed by atoms with E-state index in [1.807, 2.05) is 45.8 Å². The van der Waals surface area contributed by atoms with Gasteiger partial charge in [0.2, 0.25) is 0 Å². The molecule has 2 N–H and O–H groups in total. The number of imidazole rings is 1. The maximum atomic E-state index is 6.19. The molecule has 0 aliphatic heterocycles. The second-order valence-electron chi connectivity index (χ2n) is 5.03. The van der Waals surface area contributed by atoms with E-state index in [2.05, 4.69) is 17.0 Å². The summed E-state index contributed by atoms with van der Waals surface area (Å²) in [5, 5.41) is 4.39. The largest absolute Gasteiger partial charge is 0.383 e. The number of unbranched alkanes of at least 4 members (excludes halogenated alkanes) is 1. The first-order valence-corrected chi connectivity index (χ1v) is 7.20. The number of anilines is 1. The van der Waals surface area contributed by atoms with E-state index < -0.39 is 0 Å². The minimum atomic E-state index is 0.705. The van der Waals surface area contributed by atoms with Gasteiger partial charge in [-0.15, -0.1) is 0 Å². The van der Waals surface area contributed by atoms with Gasteiger partial charge in [-0.2, -0.15) is 5.10 Å². The lowest BCUT2D eigenvalue weighted by Gasteiger charge is -2.03. The zero-order valence-corrected chi connectivity index (χ0v) is 12.1. The molecular formula is C16H19N5. The van der Waals surface area contributed by atoms with E-state index in [0.29, 0.717) is 5.82 Å². The van der Waals surface area contributed by atoms with Crippen LogP contribution in [0.5, 0.6) is 0 Å². The van der Waals surface area contributed by atoms with Gasteiger partial charge in [-0.1, -0.05) is 31.5 Å². The lowest BCUT2D eigenvalue weighted by Crippen LogP contribution is -2.01. The van der Waals surface area contributed by atoms with Crippen molar-refractivity contribution in [1.29, 1.82) is 0 Å². The molecule has 3 rings (SSSR count). The van der Waals surface area contributed by atoms with Crippen LogP contribution in [0.15, 0.2) is 49.1 Å². The van der Waals surface area contributed by atoms with Crippen molar-refractivity contribution < 1.29 is 0 Å². The number of nitrogens with zero attached hydrogens (tertiary/aromatic N) is 4. The molecular weight excluding hydrogens is 262 g/mol. The Hall–Kier alpha value is -2.56. The normalized spacial score (nSPS) is 10.9. The van der Waals surface area contributed by atoms with Gasteiger partial charge in [0.1, 0.15) is 11.5 Å². The van der Waals surface area contributed by atoms with Crippen molar-refractivity contribution in [2.24, 2.45) is 0 Å². The van der Waals surface area contributed by atoms with Crippen molar-refractivity contribution in [3.8, 4) is 16.9 Å². The van der Waals surface area contributed by atoms with E-state index in [9.17, 15) is 0 Å². The molecule has 0 fully saturated rings. The fraction of sp³-hybridized carbons (Fsp3) is 0.250. The van der Waals surface area contributed by atoms with Crippen molar-refractivity contribution in [3.05, 3.63) is 49.1 Å². The number of para-hydroxylation sites is 1. The van der Waals surface area contributed by atoms with Gasteiger partial charge in [-0.3, -0.25) is 0 Å². The number of hydrogen-bond donors (Lipinski definition) is 1. The number of aryl methyl sites for hydroxylation is 1. The predicted octanol–water partition coefficient (Wildman–Crippen LogP) is 3.12. The Balaban J connectivity index is 1.88. The van der Waals surface area contributed by atoms with Crippen LogP contribution in [-0.4, -0.2) is 19.3 Å². The number of aromatic nitrogens is 4. The number of nitrogens with two attached hydrogens (primary N) is 1. The molecule has 0 bridgehead atoms. The zero-order chi connectivity index (χ0) is 14.7. The Labute approximate surface area is 124 Å². The van der Waals surface area contributed by atoms with Crippen LogP contribution in [0.1, 0.15) is 19.8 Å². The van der Waals surface area contributed by atoms with Crippen LogP contribution in [0.3, 0.4) is 0 Å². The van der Waals surface area contributed by atoms with Gasteiger partial charge in [0.05, 0.1) is 18.2 Å². The van der Waals surface area contributed by atoms with Crippen molar-refractivity contribution in [2.45, 2.75) is 26.3 Å². The Bertz CT molecular complexity index is 711. The number of hydrogen-bond acceptors (Lipinski definition) is 3. The van der Waals surface area contributed by atoms with Gasteiger partial charge in [0, 0.05) is 18.3 Å². The summed E-state index contributed by atoms with van der Waals surface area (Å²) < 4.78 is 3.83. The average molecular weight is 281 g/mol. The number of rotatable bonds is 5. The highest BCUT2D eigenvalue weighted by Crippen LogP contribution is 2.24. The lowest BCUT2D eigenvalue weighted by molar-refractivity contribution is 0.637. The fourth-order valence-corrected chi connectivity index (χ4v) is 2.29. The van der Waals surface area contributed by atoms with Crippen molar-refractivity contribution in [3.63, 3.8) is 0 Å². The minimum Gasteiger partial charge on any atom is -0.383 e. The van der Waals surface area contributed by atoms with Crippen LogP contribution < -0.4 is 5.73 Å². The number of nitrogen functional groups attached to an aromatic ring is 1. The van der Waals surface area contributed by atoms with E-state index in [-0.39, 0.29) is 0 Å². The summed E-state index contributed by atoms with van der Waals surface area (Å²) in [5.74, 6) is 0.705. The monoisotopic (exact) mass is 281 g/mol. The van der Waals surface area contributed by atoms with Crippen molar-refractivity contribution >= 4 is 5.82 Å². The van der Waals surface area contributed by atoms with Crippen LogP contribution in [0.25, 0.3) is 16.9 Å². The molecule has 0 aliphatic carbocycles. The van der Waals surface area contributed by atoms with Crippen LogP contribution in [0.2, 0.25) is 0 Å². The molecule has 0 amide bonds. The van der Waals surface area contributed by atoms with Gasteiger partial charge < -0.3 is 10.3 Å². The average Bonchev–Trinajstić information content (AvgIpc) is 3.13. The third-order valence-corrected chi connectivity index (χ3v) is 3.51. The molecule has 3 aromatic rings. The molecule has 0 saturated carbocycles. The third-order valence-electron chi connectivity index (χ3n) is 3.51. The van der Waals surface area contributed by atoms with Gasteiger partial charge in [0.15, 0.2) is 0 Å². The summed E-state index contributed by atoms with van der Waals surface area (Å²) in [7, 11) is 0. The molecule has 0 radical (unpaired) electrons. The Kier molecular flexibility index (Phi) is 3.73. The second kappa shape index (κ2) is 5.83. The first-order chi connectivity index (χ1) is 10.3. The van der Waals surface area contributed by atoms with Gasteiger partial charge in [-0.25, -0.2) is 9.67 Å². The zero-order valence-electron chi connectivity index (χ0n) is 12.1. The number of benzene rings is 1. The van der Waals surface area contributed by atoms with Gasteiger partial charge in [-0.05, 0) is 18.6 Å². The molecule has 0 atom stereocenters. The summed E-state index contributed by atoms with van der Waals surface area (Å²) in [6.45, 7) is 3.07. The molecule has 0 saturated heterocycles. The molecule has 108 valence electrons. The molecule has 5 heteroatoms. The van der Waals surface area contributed by atoms with E-state index in [1.54, 1.807) is 12.5 Å². The van der Waals surface area contributed by atoms with E-state index in [0.717, 1.165) is 36.3 Å². The standard InChI is InChI=1S/C16H19N5/c1-2-3-9-20-12-18-15(16(20)17)13-10-19-21(11-13)14-7-5-4-6-8-14/h4-8,10-12H,2-3,9,17H2,1H3. The summed E-state index contributed by atoms with van der Waals surface area (Å²) in [6.07, 6.45) is 7.80. The van der Waals surface area contributed by atoms with Crippen molar-refractivity contribution in [2.75, 3.05) is 5.73 Å². The molecule has 0 aliphatic rings. The highest BCUT2D eigenvalue weighted by Gasteiger charge is 2.12. The first-order valence-electron chi connectivity index (χ1n) is 7.20. The highest BCUT2D eigenvalue weighted by atomic mass is 15.3. The van der Waals surface area contributed by atoms with Crippen LogP contribution >= 0.6 is 0 Å².